The van der Waals surface area contributed by atoms with Gasteiger partial charge in [-0.15, -0.1) is 0 Å². The van der Waals surface area contributed by atoms with Crippen molar-refractivity contribution in [3.63, 3.8) is 0 Å². The van der Waals surface area contributed by atoms with Gasteiger partial charge in [-0.25, -0.2) is 9.97 Å². The molecule has 0 fully saturated rings. The Labute approximate surface area is 146 Å². The van der Waals surface area contributed by atoms with Crippen molar-refractivity contribution in [1.82, 2.24) is 14.9 Å². The lowest BCUT2D eigenvalue weighted by atomic mass is 9.96. The zero-order valence-corrected chi connectivity index (χ0v) is 14.5. The van der Waals surface area contributed by atoms with E-state index in [2.05, 4.69) is 21.9 Å². The standard InChI is InChI=1S/C19H20N4O2/c1-12-14-7-5-6-8-15(14)17(25)23(12)11-16(24)22-13-9-20-18(21-10-13)19(2,3)4/h5-10H,1,11H2,2-4H3,(H,22,24). The molecule has 25 heavy (non-hydrogen) atoms. The second-order valence-corrected chi connectivity index (χ2v) is 6.98. The molecule has 0 atom stereocenters. The van der Waals surface area contributed by atoms with Crippen LogP contribution in [0.2, 0.25) is 0 Å². The van der Waals surface area contributed by atoms with Crippen LogP contribution in [0.5, 0.6) is 0 Å². The number of hydrogen-bond donors (Lipinski definition) is 1. The van der Waals surface area contributed by atoms with Crippen LogP contribution in [0.4, 0.5) is 5.69 Å². The summed E-state index contributed by atoms with van der Waals surface area (Å²) in [4.78, 5) is 34.6. The topological polar surface area (TPSA) is 75.2 Å². The first-order valence-electron chi connectivity index (χ1n) is 8.00. The smallest absolute Gasteiger partial charge is 0.259 e. The molecule has 0 bridgehead atoms. The highest BCUT2D eigenvalue weighted by atomic mass is 16.2. The number of amides is 2. The summed E-state index contributed by atoms with van der Waals surface area (Å²) in [5, 5.41) is 2.72. The quantitative estimate of drug-likeness (QED) is 0.935. The van der Waals surface area contributed by atoms with E-state index in [4.69, 9.17) is 0 Å². The fourth-order valence-corrected chi connectivity index (χ4v) is 2.63. The summed E-state index contributed by atoms with van der Waals surface area (Å²) in [7, 11) is 0. The molecule has 0 saturated heterocycles. The molecule has 2 heterocycles. The zero-order valence-electron chi connectivity index (χ0n) is 14.5. The van der Waals surface area contributed by atoms with Gasteiger partial charge < -0.3 is 5.32 Å². The van der Waals surface area contributed by atoms with E-state index < -0.39 is 0 Å². The molecule has 128 valence electrons. The third kappa shape index (κ3) is 3.28. The number of nitrogens with zero attached hydrogens (tertiary/aromatic N) is 3. The highest BCUT2D eigenvalue weighted by Crippen LogP contribution is 2.30. The Hall–Kier alpha value is -3.02. The maximum atomic E-state index is 12.4. The number of fused-ring (bicyclic) bond motifs is 1. The van der Waals surface area contributed by atoms with E-state index >= 15 is 0 Å². The molecule has 0 radical (unpaired) electrons. The van der Waals surface area contributed by atoms with Crippen molar-refractivity contribution >= 4 is 23.2 Å². The number of benzene rings is 1. The van der Waals surface area contributed by atoms with Gasteiger partial charge in [0, 0.05) is 22.2 Å². The van der Waals surface area contributed by atoms with Gasteiger partial charge in [-0.3, -0.25) is 14.5 Å². The van der Waals surface area contributed by atoms with E-state index in [-0.39, 0.29) is 23.8 Å². The number of carbonyl (C=O) groups excluding carboxylic acids is 2. The number of hydrogen-bond acceptors (Lipinski definition) is 4. The second-order valence-electron chi connectivity index (χ2n) is 6.98. The average molecular weight is 336 g/mol. The molecule has 1 aliphatic rings. The molecule has 0 aliphatic carbocycles. The molecule has 1 aliphatic heterocycles. The largest absolute Gasteiger partial charge is 0.322 e. The molecule has 2 aromatic rings. The van der Waals surface area contributed by atoms with Crippen LogP contribution in [-0.2, 0) is 10.2 Å². The van der Waals surface area contributed by atoms with Crippen LogP contribution >= 0.6 is 0 Å². The fourth-order valence-electron chi connectivity index (χ4n) is 2.63. The Morgan fingerprint density at radius 3 is 2.32 bits per heavy atom. The first-order chi connectivity index (χ1) is 11.8. The normalized spacial score (nSPS) is 13.8. The Kier molecular flexibility index (Phi) is 4.12. The third-order valence-corrected chi connectivity index (χ3v) is 3.95. The predicted octanol–water partition coefficient (Wildman–Crippen LogP) is 2.84. The first kappa shape index (κ1) is 16.8. The number of carbonyl (C=O) groups is 2. The van der Waals surface area contributed by atoms with Crippen LogP contribution in [0.25, 0.3) is 5.70 Å². The van der Waals surface area contributed by atoms with Gasteiger partial charge in [-0.1, -0.05) is 45.5 Å². The van der Waals surface area contributed by atoms with Crippen molar-refractivity contribution in [2.24, 2.45) is 0 Å². The molecule has 0 unspecified atom stereocenters. The maximum Gasteiger partial charge on any atom is 0.259 e. The van der Waals surface area contributed by atoms with Gasteiger partial charge in [0.1, 0.15) is 12.4 Å². The fraction of sp³-hybridized carbons (Fsp3) is 0.263. The van der Waals surface area contributed by atoms with Crippen LogP contribution in [0.1, 0.15) is 42.5 Å². The zero-order chi connectivity index (χ0) is 18.2. The average Bonchev–Trinajstić information content (AvgIpc) is 2.80. The van der Waals surface area contributed by atoms with Gasteiger partial charge in [-0.2, -0.15) is 0 Å². The van der Waals surface area contributed by atoms with Gasteiger partial charge >= 0.3 is 0 Å². The molecule has 2 amide bonds. The molecule has 0 saturated carbocycles. The van der Waals surface area contributed by atoms with E-state index in [0.29, 0.717) is 22.8 Å². The van der Waals surface area contributed by atoms with E-state index in [1.54, 1.807) is 24.5 Å². The monoisotopic (exact) mass is 336 g/mol. The van der Waals surface area contributed by atoms with E-state index in [9.17, 15) is 9.59 Å². The van der Waals surface area contributed by atoms with Gasteiger partial charge in [0.2, 0.25) is 5.91 Å². The summed E-state index contributed by atoms with van der Waals surface area (Å²) < 4.78 is 0. The van der Waals surface area contributed by atoms with Crippen molar-refractivity contribution in [2.45, 2.75) is 26.2 Å². The minimum Gasteiger partial charge on any atom is -0.322 e. The van der Waals surface area contributed by atoms with Crippen molar-refractivity contribution in [1.29, 1.82) is 0 Å². The summed E-state index contributed by atoms with van der Waals surface area (Å²) in [5.74, 6) is 0.161. The van der Waals surface area contributed by atoms with Gasteiger partial charge in [0.25, 0.3) is 5.91 Å². The van der Waals surface area contributed by atoms with Crippen LogP contribution in [0.15, 0.2) is 43.2 Å². The lowest BCUT2D eigenvalue weighted by Crippen LogP contribution is -2.32. The SMILES string of the molecule is C=C1c2ccccc2C(=O)N1CC(=O)Nc1cnc(C(C)(C)C)nc1. The molecule has 3 rings (SSSR count). The lowest BCUT2D eigenvalue weighted by molar-refractivity contribution is -0.116. The van der Waals surface area contributed by atoms with Crippen molar-refractivity contribution < 1.29 is 9.59 Å². The summed E-state index contributed by atoms with van der Waals surface area (Å²) in [6, 6.07) is 7.20. The van der Waals surface area contributed by atoms with E-state index in [0.717, 1.165) is 5.56 Å². The van der Waals surface area contributed by atoms with E-state index in [1.807, 2.05) is 32.9 Å². The molecular formula is C19H20N4O2. The van der Waals surface area contributed by atoms with Crippen LogP contribution in [0.3, 0.4) is 0 Å². The van der Waals surface area contributed by atoms with Gasteiger partial charge in [0.05, 0.1) is 18.1 Å². The number of aromatic nitrogens is 2. The summed E-state index contributed by atoms with van der Waals surface area (Å²) in [5.41, 5.74) is 2.20. The van der Waals surface area contributed by atoms with Crippen molar-refractivity contribution in [3.8, 4) is 0 Å². The molecule has 6 nitrogen and oxygen atoms in total. The Bertz CT molecular complexity index is 815. The molecule has 6 heteroatoms. The predicted molar refractivity (Wildman–Crippen MR) is 95.9 cm³/mol. The van der Waals surface area contributed by atoms with Crippen molar-refractivity contribution in [2.75, 3.05) is 11.9 Å². The minimum atomic E-state index is -0.325. The van der Waals surface area contributed by atoms with E-state index in [1.165, 1.54) is 4.90 Å². The first-order valence-corrected chi connectivity index (χ1v) is 8.00. The highest BCUT2D eigenvalue weighted by Gasteiger charge is 2.31. The Morgan fingerprint density at radius 1 is 1.16 bits per heavy atom. The number of anilines is 1. The molecule has 1 aromatic heterocycles. The lowest BCUT2D eigenvalue weighted by Gasteiger charge is -2.18. The Morgan fingerprint density at radius 2 is 1.76 bits per heavy atom. The molecular weight excluding hydrogens is 316 g/mol. The summed E-state index contributed by atoms with van der Waals surface area (Å²) >= 11 is 0. The third-order valence-electron chi connectivity index (χ3n) is 3.95. The Balaban J connectivity index is 1.68. The van der Waals surface area contributed by atoms with Gasteiger partial charge in [-0.05, 0) is 6.07 Å². The molecule has 0 spiro atoms. The van der Waals surface area contributed by atoms with Gasteiger partial charge in [0.15, 0.2) is 0 Å². The number of nitrogens with one attached hydrogen (secondary N) is 1. The maximum absolute atomic E-state index is 12.4. The molecule has 1 aromatic carbocycles. The summed E-state index contributed by atoms with van der Waals surface area (Å²) in [6.07, 6.45) is 3.14. The number of rotatable bonds is 3. The van der Waals surface area contributed by atoms with Crippen LogP contribution < -0.4 is 5.32 Å². The van der Waals surface area contributed by atoms with Crippen LogP contribution in [0, 0.1) is 0 Å². The summed E-state index contributed by atoms with van der Waals surface area (Å²) in [6.45, 7) is 9.87. The van der Waals surface area contributed by atoms with Crippen molar-refractivity contribution in [3.05, 3.63) is 60.2 Å². The second kappa shape index (κ2) is 6.12. The minimum absolute atomic E-state index is 0.104. The molecule has 1 N–H and O–H groups in total. The van der Waals surface area contributed by atoms with Crippen LogP contribution in [-0.4, -0.2) is 33.2 Å². The highest BCUT2D eigenvalue weighted by molar-refractivity contribution is 6.11.